The van der Waals surface area contributed by atoms with Crippen molar-refractivity contribution in [2.75, 3.05) is 25.1 Å². The van der Waals surface area contributed by atoms with E-state index in [1.807, 2.05) is 19.9 Å². The first-order chi connectivity index (χ1) is 13.5. The number of hydrogen-bond donors (Lipinski definition) is 0. The van der Waals surface area contributed by atoms with Crippen molar-refractivity contribution in [1.29, 1.82) is 0 Å². The van der Waals surface area contributed by atoms with Crippen molar-refractivity contribution >= 4 is 17.6 Å². The smallest absolute Gasteiger partial charge is 0.357 e. The molecule has 0 unspecified atom stereocenters. The largest absolute Gasteiger partial charge is 0.465 e. The van der Waals surface area contributed by atoms with Gasteiger partial charge in [-0.3, -0.25) is 0 Å². The van der Waals surface area contributed by atoms with E-state index in [0.717, 1.165) is 24.3 Å². The number of hydrogen-bond acceptors (Lipinski definition) is 7. The molecule has 0 bridgehead atoms. The summed E-state index contributed by atoms with van der Waals surface area (Å²) in [5.74, 6) is -0.899. The van der Waals surface area contributed by atoms with E-state index in [2.05, 4.69) is 14.6 Å². The van der Waals surface area contributed by atoms with E-state index in [1.54, 1.807) is 36.5 Å². The highest BCUT2D eigenvalue weighted by atomic mass is 16.5. The third-order valence-corrected chi connectivity index (χ3v) is 4.48. The Hall–Kier alpha value is -2.93. The van der Waals surface area contributed by atoms with Crippen LogP contribution in [0.2, 0.25) is 0 Å². The van der Waals surface area contributed by atoms with Crippen LogP contribution in [-0.4, -0.2) is 49.3 Å². The van der Waals surface area contributed by atoms with Gasteiger partial charge in [0.1, 0.15) is 12.3 Å². The maximum Gasteiger partial charge on any atom is 0.357 e. The normalized spacial score (nSPS) is 19.2. The minimum atomic E-state index is -0.492. The number of esters is 2. The Balaban J connectivity index is 1.62. The van der Waals surface area contributed by atoms with Gasteiger partial charge in [-0.25, -0.2) is 14.6 Å². The zero-order chi connectivity index (χ0) is 20.1. The molecule has 1 aromatic carbocycles. The van der Waals surface area contributed by atoms with Gasteiger partial charge in [-0.05, 0) is 43.7 Å². The van der Waals surface area contributed by atoms with Gasteiger partial charge in [0.2, 0.25) is 0 Å². The molecule has 3 rings (SSSR count). The third kappa shape index (κ3) is 4.86. The number of pyridine rings is 1. The van der Waals surface area contributed by atoms with Crippen molar-refractivity contribution < 1.29 is 23.8 Å². The van der Waals surface area contributed by atoms with Crippen molar-refractivity contribution in [3.05, 3.63) is 59.4 Å². The Morgan fingerprint density at radius 2 is 1.79 bits per heavy atom. The predicted molar refractivity (Wildman–Crippen MR) is 103 cm³/mol. The Bertz CT molecular complexity index is 827. The lowest BCUT2D eigenvalue weighted by atomic mass is 10.1. The minimum absolute atomic E-state index is 0.0951. The molecule has 1 fully saturated rings. The highest BCUT2D eigenvalue weighted by Crippen LogP contribution is 2.21. The first kappa shape index (κ1) is 19.8. The summed E-state index contributed by atoms with van der Waals surface area (Å²) in [6, 6.07) is 10.3. The molecule has 0 amide bonds. The molecule has 1 aliphatic rings. The van der Waals surface area contributed by atoms with Crippen LogP contribution >= 0.6 is 0 Å². The first-order valence-electron chi connectivity index (χ1n) is 9.17. The molecule has 7 heteroatoms. The zero-order valence-corrected chi connectivity index (χ0v) is 16.3. The molecule has 0 spiro atoms. The number of morpholine rings is 1. The average Bonchev–Trinajstić information content (AvgIpc) is 2.71. The molecule has 7 nitrogen and oxygen atoms in total. The van der Waals surface area contributed by atoms with Crippen molar-refractivity contribution in [1.82, 2.24) is 4.98 Å². The molecule has 148 valence electrons. The number of aromatic nitrogens is 1. The van der Waals surface area contributed by atoms with Gasteiger partial charge < -0.3 is 19.1 Å². The highest BCUT2D eigenvalue weighted by Gasteiger charge is 2.23. The molecule has 2 aromatic rings. The number of rotatable bonds is 5. The molecule has 0 radical (unpaired) electrons. The SMILES string of the molecule is COC(=O)c1ccc(COC(=O)c2cc(N3C[C@@H](C)O[C@@H](C)C3)ccn2)cc1. The van der Waals surface area contributed by atoms with Crippen LogP contribution in [0.3, 0.4) is 0 Å². The van der Waals surface area contributed by atoms with Crippen LogP contribution in [0.25, 0.3) is 0 Å². The van der Waals surface area contributed by atoms with E-state index in [1.165, 1.54) is 7.11 Å². The summed E-state index contributed by atoms with van der Waals surface area (Å²) >= 11 is 0. The molecule has 0 N–H and O–H groups in total. The van der Waals surface area contributed by atoms with Gasteiger partial charge in [0.15, 0.2) is 0 Å². The number of carbonyl (C=O) groups is 2. The fourth-order valence-electron chi connectivity index (χ4n) is 3.19. The number of methoxy groups -OCH3 is 1. The van der Waals surface area contributed by atoms with Gasteiger partial charge in [0.05, 0.1) is 24.9 Å². The maximum atomic E-state index is 12.4. The summed E-state index contributed by atoms with van der Waals surface area (Å²) in [5.41, 5.74) is 2.40. The van der Waals surface area contributed by atoms with Crippen molar-refractivity contribution in [2.24, 2.45) is 0 Å². The molecule has 0 aliphatic carbocycles. The molecule has 1 aliphatic heterocycles. The van der Waals surface area contributed by atoms with E-state index >= 15 is 0 Å². The second kappa shape index (κ2) is 8.84. The van der Waals surface area contributed by atoms with Gasteiger partial charge in [0.25, 0.3) is 0 Å². The summed E-state index contributed by atoms with van der Waals surface area (Å²) in [6.45, 7) is 5.68. The molecule has 0 saturated carbocycles. The summed E-state index contributed by atoms with van der Waals surface area (Å²) < 4.78 is 15.8. The number of anilines is 1. The third-order valence-electron chi connectivity index (χ3n) is 4.48. The number of carbonyl (C=O) groups excluding carboxylic acids is 2. The standard InChI is InChI=1S/C21H24N2O5/c1-14-11-23(12-15(2)28-14)18-8-9-22-19(10-18)21(25)27-13-16-4-6-17(7-5-16)20(24)26-3/h4-10,14-15H,11-13H2,1-3H3/t14-,15+. The van der Waals surface area contributed by atoms with Crippen LogP contribution in [0.5, 0.6) is 0 Å². The molecular formula is C21H24N2O5. The van der Waals surface area contributed by atoms with Gasteiger partial charge in [-0.15, -0.1) is 0 Å². The van der Waals surface area contributed by atoms with Crippen molar-refractivity contribution in [3.8, 4) is 0 Å². The maximum absolute atomic E-state index is 12.4. The van der Waals surface area contributed by atoms with Gasteiger partial charge in [0, 0.05) is 25.0 Å². The lowest BCUT2D eigenvalue weighted by Gasteiger charge is -2.36. The summed E-state index contributed by atoms with van der Waals surface area (Å²) in [7, 11) is 1.33. The lowest BCUT2D eigenvalue weighted by molar-refractivity contribution is -0.00522. The summed E-state index contributed by atoms with van der Waals surface area (Å²) in [6.07, 6.45) is 1.86. The Kier molecular flexibility index (Phi) is 6.26. The molecule has 1 aromatic heterocycles. The monoisotopic (exact) mass is 384 g/mol. The van der Waals surface area contributed by atoms with E-state index in [0.29, 0.717) is 5.56 Å². The Morgan fingerprint density at radius 1 is 1.11 bits per heavy atom. The second-order valence-corrected chi connectivity index (χ2v) is 6.83. The van der Waals surface area contributed by atoms with Crippen LogP contribution in [0.1, 0.15) is 40.3 Å². The minimum Gasteiger partial charge on any atom is -0.465 e. The van der Waals surface area contributed by atoms with Crippen molar-refractivity contribution in [3.63, 3.8) is 0 Å². The second-order valence-electron chi connectivity index (χ2n) is 6.83. The van der Waals surface area contributed by atoms with Gasteiger partial charge in [-0.2, -0.15) is 0 Å². The Labute approximate surface area is 164 Å². The van der Waals surface area contributed by atoms with E-state index in [4.69, 9.17) is 9.47 Å². The highest BCUT2D eigenvalue weighted by molar-refractivity contribution is 5.89. The predicted octanol–water partition coefficient (Wildman–Crippen LogP) is 2.84. The van der Waals surface area contributed by atoms with Crippen LogP contribution < -0.4 is 4.90 Å². The van der Waals surface area contributed by atoms with E-state index in [-0.39, 0.29) is 24.5 Å². The fraction of sp³-hybridized carbons (Fsp3) is 0.381. The zero-order valence-electron chi connectivity index (χ0n) is 16.3. The number of nitrogens with zero attached hydrogens (tertiary/aromatic N) is 2. The average molecular weight is 384 g/mol. The molecule has 28 heavy (non-hydrogen) atoms. The topological polar surface area (TPSA) is 78.0 Å². The molecular weight excluding hydrogens is 360 g/mol. The Morgan fingerprint density at radius 3 is 2.43 bits per heavy atom. The quantitative estimate of drug-likeness (QED) is 0.734. The summed E-state index contributed by atoms with van der Waals surface area (Å²) in [5, 5.41) is 0. The first-order valence-corrected chi connectivity index (χ1v) is 9.17. The lowest BCUT2D eigenvalue weighted by Crippen LogP contribution is -2.45. The number of benzene rings is 1. The van der Waals surface area contributed by atoms with Gasteiger partial charge >= 0.3 is 11.9 Å². The molecule has 2 atom stereocenters. The molecule has 1 saturated heterocycles. The van der Waals surface area contributed by atoms with Crippen molar-refractivity contribution in [2.45, 2.75) is 32.7 Å². The van der Waals surface area contributed by atoms with Crippen LogP contribution in [-0.2, 0) is 20.8 Å². The number of ether oxygens (including phenoxy) is 3. The van der Waals surface area contributed by atoms with Crippen LogP contribution in [0, 0.1) is 0 Å². The fourth-order valence-corrected chi connectivity index (χ4v) is 3.19. The van der Waals surface area contributed by atoms with E-state index < -0.39 is 11.9 Å². The van der Waals surface area contributed by atoms with Crippen LogP contribution in [0.4, 0.5) is 5.69 Å². The summed E-state index contributed by atoms with van der Waals surface area (Å²) in [4.78, 5) is 30.2. The van der Waals surface area contributed by atoms with Gasteiger partial charge in [-0.1, -0.05) is 12.1 Å². The van der Waals surface area contributed by atoms with Crippen LogP contribution in [0.15, 0.2) is 42.6 Å². The van der Waals surface area contributed by atoms with E-state index in [9.17, 15) is 9.59 Å². The molecule has 2 heterocycles.